The molecule has 6 heteroatoms. The zero-order valence-electron chi connectivity index (χ0n) is 11.2. The minimum absolute atomic E-state index is 0.0367. The number of alkyl halides is 1. The number of unbranched alkanes of at least 4 members (excludes halogenated alkanes) is 4. The van der Waals surface area contributed by atoms with Crippen molar-refractivity contribution in [3.8, 4) is 5.75 Å². The molecular formula is C14H18ClNO4. The van der Waals surface area contributed by atoms with E-state index in [0.717, 1.165) is 32.1 Å². The van der Waals surface area contributed by atoms with Gasteiger partial charge in [-0.15, -0.1) is 11.6 Å². The van der Waals surface area contributed by atoms with Crippen LogP contribution in [0.2, 0.25) is 0 Å². The maximum atomic E-state index is 10.8. The van der Waals surface area contributed by atoms with Crippen LogP contribution < -0.4 is 4.74 Å². The molecule has 0 unspecified atom stereocenters. The maximum absolute atomic E-state index is 10.8. The van der Waals surface area contributed by atoms with Crippen LogP contribution in [0, 0.1) is 10.1 Å². The molecule has 0 bridgehead atoms. The molecule has 0 aromatic heterocycles. The van der Waals surface area contributed by atoms with Gasteiger partial charge in [0.2, 0.25) is 0 Å². The number of nitro groups is 1. The molecule has 0 spiro atoms. The monoisotopic (exact) mass is 299 g/mol. The average Bonchev–Trinajstić information content (AvgIpc) is 2.45. The number of ether oxygens (including phenoxy) is 1. The summed E-state index contributed by atoms with van der Waals surface area (Å²) < 4.78 is 5.48. The fraction of sp³-hybridized carbons (Fsp3) is 0.500. The molecule has 0 aliphatic carbocycles. The molecule has 0 N–H and O–H groups in total. The number of aldehydes is 1. The highest BCUT2D eigenvalue weighted by Crippen LogP contribution is 2.22. The predicted molar refractivity (Wildman–Crippen MR) is 77.8 cm³/mol. The summed E-state index contributed by atoms with van der Waals surface area (Å²) in [6, 6.07) is 4.21. The number of hydrogen-bond acceptors (Lipinski definition) is 4. The van der Waals surface area contributed by atoms with E-state index in [9.17, 15) is 14.9 Å². The van der Waals surface area contributed by atoms with Crippen molar-refractivity contribution in [1.29, 1.82) is 0 Å². The van der Waals surface area contributed by atoms with E-state index >= 15 is 0 Å². The number of hydrogen-bond donors (Lipinski definition) is 0. The lowest BCUT2D eigenvalue weighted by Crippen LogP contribution is -2.00. The molecule has 1 aromatic carbocycles. The van der Waals surface area contributed by atoms with Gasteiger partial charge >= 0.3 is 0 Å². The van der Waals surface area contributed by atoms with E-state index in [2.05, 4.69) is 0 Å². The van der Waals surface area contributed by atoms with E-state index in [1.165, 1.54) is 18.2 Å². The van der Waals surface area contributed by atoms with Crippen molar-refractivity contribution >= 4 is 23.6 Å². The Kier molecular flexibility index (Phi) is 7.65. The Hall–Kier alpha value is -1.62. The van der Waals surface area contributed by atoms with Gasteiger partial charge in [0.15, 0.2) is 6.29 Å². The van der Waals surface area contributed by atoms with Gasteiger partial charge in [0.05, 0.1) is 17.1 Å². The van der Waals surface area contributed by atoms with Gasteiger partial charge in [0.1, 0.15) is 5.75 Å². The van der Waals surface area contributed by atoms with Gasteiger partial charge < -0.3 is 4.74 Å². The number of benzene rings is 1. The second-order valence-corrected chi connectivity index (χ2v) is 4.78. The van der Waals surface area contributed by atoms with Crippen LogP contribution in [-0.2, 0) is 0 Å². The molecular weight excluding hydrogens is 282 g/mol. The van der Waals surface area contributed by atoms with E-state index in [0.29, 0.717) is 24.5 Å². The normalized spacial score (nSPS) is 10.2. The fourth-order valence-corrected chi connectivity index (χ4v) is 1.99. The van der Waals surface area contributed by atoms with Crippen LogP contribution in [0.4, 0.5) is 5.69 Å². The summed E-state index contributed by atoms with van der Waals surface area (Å²) in [5.41, 5.74) is -0.164. The molecule has 5 nitrogen and oxygen atoms in total. The van der Waals surface area contributed by atoms with Gasteiger partial charge in [-0.3, -0.25) is 14.9 Å². The zero-order chi connectivity index (χ0) is 14.8. The summed E-state index contributed by atoms with van der Waals surface area (Å²) in [6.45, 7) is 0.539. The van der Waals surface area contributed by atoms with Gasteiger partial charge in [-0.25, -0.2) is 0 Å². The number of carbonyl (C=O) groups is 1. The molecule has 0 aliphatic heterocycles. The second kappa shape index (κ2) is 9.31. The van der Waals surface area contributed by atoms with Crippen molar-refractivity contribution in [2.24, 2.45) is 0 Å². The molecule has 0 heterocycles. The summed E-state index contributed by atoms with van der Waals surface area (Å²) in [4.78, 5) is 20.9. The number of nitrogens with zero attached hydrogens (tertiary/aromatic N) is 1. The van der Waals surface area contributed by atoms with E-state index in [1.54, 1.807) is 0 Å². The van der Waals surface area contributed by atoms with Gasteiger partial charge in [-0.1, -0.05) is 19.3 Å². The van der Waals surface area contributed by atoms with Crippen LogP contribution in [0.5, 0.6) is 5.75 Å². The first-order chi connectivity index (χ1) is 9.69. The SMILES string of the molecule is O=Cc1cc(OCCCCCCCCl)ccc1[N+](=O)[O-]. The average molecular weight is 300 g/mol. The largest absolute Gasteiger partial charge is 0.494 e. The number of halogens is 1. The molecule has 0 amide bonds. The molecule has 0 aliphatic rings. The van der Waals surface area contributed by atoms with Crippen LogP contribution in [0.1, 0.15) is 42.5 Å². The van der Waals surface area contributed by atoms with Gasteiger partial charge in [0, 0.05) is 11.9 Å². The van der Waals surface area contributed by atoms with E-state index in [-0.39, 0.29) is 11.3 Å². The van der Waals surface area contributed by atoms with Crippen LogP contribution in [0.25, 0.3) is 0 Å². The molecule has 1 rings (SSSR count). The number of rotatable bonds is 10. The lowest BCUT2D eigenvalue weighted by atomic mass is 10.1. The summed E-state index contributed by atoms with van der Waals surface area (Å²) >= 11 is 5.58. The highest BCUT2D eigenvalue weighted by Gasteiger charge is 2.13. The first-order valence-corrected chi connectivity index (χ1v) is 7.15. The second-order valence-electron chi connectivity index (χ2n) is 4.40. The molecule has 0 saturated heterocycles. The van der Waals surface area contributed by atoms with Crippen LogP contribution in [-0.4, -0.2) is 23.7 Å². The van der Waals surface area contributed by atoms with Gasteiger partial charge in [-0.05, 0) is 25.0 Å². The molecule has 0 saturated carbocycles. The third kappa shape index (κ3) is 5.57. The van der Waals surface area contributed by atoms with Crippen molar-refractivity contribution in [3.05, 3.63) is 33.9 Å². The zero-order valence-corrected chi connectivity index (χ0v) is 12.0. The molecule has 0 atom stereocenters. The van der Waals surface area contributed by atoms with Gasteiger partial charge in [-0.2, -0.15) is 0 Å². The van der Waals surface area contributed by atoms with Crippen LogP contribution in [0.15, 0.2) is 18.2 Å². The molecule has 0 fully saturated rings. The first kappa shape index (κ1) is 16.4. The minimum Gasteiger partial charge on any atom is -0.494 e. The molecule has 20 heavy (non-hydrogen) atoms. The highest BCUT2D eigenvalue weighted by atomic mass is 35.5. The standard InChI is InChI=1S/C14H18ClNO4/c15-8-4-2-1-3-5-9-20-13-6-7-14(16(18)19)12(10-13)11-17/h6-7,10-11H,1-5,8-9H2. The number of nitro benzene ring substituents is 1. The maximum Gasteiger partial charge on any atom is 0.280 e. The van der Waals surface area contributed by atoms with Crippen LogP contribution >= 0.6 is 11.6 Å². The predicted octanol–water partition coefficient (Wildman–Crippen LogP) is 3.98. The Morgan fingerprint density at radius 1 is 1.20 bits per heavy atom. The van der Waals surface area contributed by atoms with Crippen LogP contribution in [0.3, 0.4) is 0 Å². The Morgan fingerprint density at radius 3 is 2.55 bits per heavy atom. The third-order valence-electron chi connectivity index (χ3n) is 2.87. The summed E-state index contributed by atoms with van der Waals surface area (Å²) in [5, 5.41) is 10.7. The lowest BCUT2D eigenvalue weighted by molar-refractivity contribution is -0.385. The summed E-state index contributed by atoms with van der Waals surface area (Å²) in [5.74, 6) is 1.19. The Morgan fingerprint density at radius 2 is 1.90 bits per heavy atom. The van der Waals surface area contributed by atoms with E-state index < -0.39 is 4.92 Å². The summed E-state index contributed by atoms with van der Waals surface area (Å²) in [7, 11) is 0. The Balaban J connectivity index is 2.37. The van der Waals surface area contributed by atoms with Crippen molar-refractivity contribution in [2.45, 2.75) is 32.1 Å². The van der Waals surface area contributed by atoms with Crippen molar-refractivity contribution in [2.75, 3.05) is 12.5 Å². The Labute approximate surface area is 123 Å². The van der Waals surface area contributed by atoms with Crippen molar-refractivity contribution in [3.63, 3.8) is 0 Å². The van der Waals surface area contributed by atoms with Crippen molar-refractivity contribution in [1.82, 2.24) is 0 Å². The lowest BCUT2D eigenvalue weighted by Gasteiger charge is -2.06. The smallest absolute Gasteiger partial charge is 0.280 e. The van der Waals surface area contributed by atoms with E-state index in [1.807, 2.05) is 0 Å². The topological polar surface area (TPSA) is 69.4 Å². The third-order valence-corrected chi connectivity index (χ3v) is 3.14. The molecule has 110 valence electrons. The molecule has 1 aromatic rings. The Bertz CT molecular complexity index is 451. The fourth-order valence-electron chi connectivity index (χ4n) is 1.80. The minimum atomic E-state index is -0.579. The van der Waals surface area contributed by atoms with Gasteiger partial charge in [0.25, 0.3) is 5.69 Å². The van der Waals surface area contributed by atoms with Crippen molar-refractivity contribution < 1.29 is 14.5 Å². The first-order valence-electron chi connectivity index (χ1n) is 6.61. The highest BCUT2D eigenvalue weighted by molar-refractivity contribution is 6.17. The molecule has 0 radical (unpaired) electrons. The quantitative estimate of drug-likeness (QED) is 0.215. The number of carbonyl (C=O) groups excluding carboxylic acids is 1. The van der Waals surface area contributed by atoms with E-state index in [4.69, 9.17) is 16.3 Å². The summed E-state index contributed by atoms with van der Waals surface area (Å²) in [6.07, 6.45) is 5.72.